The fourth-order valence-corrected chi connectivity index (χ4v) is 6.91. The summed E-state index contributed by atoms with van der Waals surface area (Å²) in [6.45, 7) is 12.3. The number of nitrogens with zero attached hydrogens (tertiary/aromatic N) is 3. The Balaban J connectivity index is 1.58. The van der Waals surface area contributed by atoms with Crippen molar-refractivity contribution in [3.63, 3.8) is 0 Å². The van der Waals surface area contributed by atoms with Crippen molar-refractivity contribution >= 4 is 23.7 Å². The van der Waals surface area contributed by atoms with Crippen LogP contribution in [0.25, 0.3) is 11.3 Å². The number of methoxy groups -OCH3 is 1. The average molecular weight is 589 g/mol. The zero-order valence-corrected chi connectivity index (χ0v) is 26.6. The predicted octanol–water partition coefficient (Wildman–Crippen LogP) is 7.78. The van der Waals surface area contributed by atoms with E-state index in [1.54, 1.807) is 7.11 Å². The van der Waals surface area contributed by atoms with Gasteiger partial charge < -0.3 is 9.47 Å². The lowest BCUT2D eigenvalue weighted by Crippen LogP contribution is -2.47. The summed E-state index contributed by atoms with van der Waals surface area (Å²) in [7, 11) is 1.79. The van der Waals surface area contributed by atoms with Crippen molar-refractivity contribution in [1.29, 1.82) is 0 Å². The number of anilines is 1. The lowest BCUT2D eigenvalue weighted by Gasteiger charge is -2.42. The van der Waals surface area contributed by atoms with E-state index in [2.05, 4.69) is 86.7 Å². The number of fused-ring (bicyclic) bond motifs is 4. The molecule has 1 aliphatic heterocycles. The first kappa shape index (κ1) is 30.5. The third-order valence-electron chi connectivity index (χ3n) is 8.24. The van der Waals surface area contributed by atoms with Crippen LogP contribution >= 0.6 is 11.9 Å². The smallest absolute Gasteiger partial charge is 0.237 e. The van der Waals surface area contributed by atoms with Crippen LogP contribution in [0, 0.1) is 25.2 Å². The average Bonchev–Trinajstić information content (AvgIpc) is 2.95. The predicted molar refractivity (Wildman–Crippen MR) is 170 cm³/mol. The van der Waals surface area contributed by atoms with Crippen LogP contribution in [0.2, 0.25) is 0 Å². The summed E-state index contributed by atoms with van der Waals surface area (Å²) < 4.78 is 16.3. The molecule has 0 saturated heterocycles. The van der Waals surface area contributed by atoms with E-state index in [9.17, 15) is 4.79 Å². The number of nitrogens with one attached hydrogen (secondary N) is 1. The van der Waals surface area contributed by atoms with E-state index in [1.807, 2.05) is 6.07 Å². The lowest BCUT2D eigenvalue weighted by atomic mass is 9.85. The Labute approximate surface area is 254 Å². The van der Waals surface area contributed by atoms with E-state index in [-0.39, 0.29) is 17.7 Å². The molecule has 1 aromatic heterocycles. The molecule has 1 aliphatic carbocycles. The molecule has 8 heteroatoms. The van der Waals surface area contributed by atoms with Crippen LogP contribution in [-0.4, -0.2) is 47.0 Å². The van der Waals surface area contributed by atoms with Crippen molar-refractivity contribution in [2.75, 3.05) is 25.0 Å². The van der Waals surface area contributed by atoms with E-state index < -0.39 is 0 Å². The number of rotatable bonds is 5. The highest BCUT2D eigenvalue weighted by molar-refractivity contribution is 8.00. The summed E-state index contributed by atoms with van der Waals surface area (Å²) in [5.41, 5.74) is 5.42. The number of aryl methyl sites for hydroxylation is 2. The Bertz CT molecular complexity index is 1380. The third-order valence-corrected chi connectivity index (χ3v) is 9.01. The maximum absolute atomic E-state index is 12.1. The van der Waals surface area contributed by atoms with E-state index in [0.29, 0.717) is 43.0 Å². The van der Waals surface area contributed by atoms with Crippen molar-refractivity contribution in [1.82, 2.24) is 14.9 Å². The summed E-state index contributed by atoms with van der Waals surface area (Å²) in [6, 6.07) is 16.8. The standard InChI is InChI=1S/C34H44N4O3S/c1-22-9-7-10-23(2)31(22)29-18-30-36-33(35-29)37-42-28-12-8-11-25(17-28)32(40-6)38(20-24-13-15-27(39)16-14-24)26(21-41-30)19-34(3,4)5/h7-12,17-18,24,26,32H,13-16,19-21H2,1-6H3,(H,35,36,37)/t26-,32?/m1/s1. The van der Waals surface area contributed by atoms with Crippen molar-refractivity contribution in [2.45, 2.75) is 83.9 Å². The molecule has 0 spiro atoms. The lowest BCUT2D eigenvalue weighted by molar-refractivity contribution is -0.122. The van der Waals surface area contributed by atoms with Gasteiger partial charge >= 0.3 is 0 Å². The molecule has 224 valence electrons. The van der Waals surface area contributed by atoms with Crippen LogP contribution in [0.15, 0.2) is 53.4 Å². The van der Waals surface area contributed by atoms with Crippen LogP contribution in [0.1, 0.15) is 75.8 Å². The highest BCUT2D eigenvalue weighted by atomic mass is 32.2. The molecule has 1 fully saturated rings. The molecule has 1 N–H and O–H groups in total. The summed E-state index contributed by atoms with van der Waals surface area (Å²) in [6.07, 6.45) is 3.83. The Kier molecular flexibility index (Phi) is 9.55. The summed E-state index contributed by atoms with van der Waals surface area (Å²) in [5.74, 6) is 1.87. The summed E-state index contributed by atoms with van der Waals surface area (Å²) in [5, 5.41) is 0. The first-order valence-electron chi connectivity index (χ1n) is 15.0. The molecule has 0 radical (unpaired) electrons. The molecule has 2 heterocycles. The molecule has 2 aliphatic rings. The highest BCUT2D eigenvalue weighted by Gasteiger charge is 2.34. The molecule has 1 saturated carbocycles. The van der Waals surface area contributed by atoms with Crippen LogP contribution in [-0.2, 0) is 9.53 Å². The fourth-order valence-electron chi connectivity index (χ4n) is 6.27. The van der Waals surface area contributed by atoms with Gasteiger partial charge in [0, 0.05) is 49.1 Å². The second kappa shape index (κ2) is 13.1. The molecule has 5 rings (SSSR count). The van der Waals surface area contributed by atoms with Gasteiger partial charge in [-0.25, -0.2) is 4.98 Å². The van der Waals surface area contributed by atoms with Gasteiger partial charge in [-0.2, -0.15) is 4.98 Å². The Morgan fingerprint density at radius 3 is 2.45 bits per heavy atom. The number of hydrogen-bond acceptors (Lipinski definition) is 8. The third kappa shape index (κ3) is 7.52. The maximum atomic E-state index is 12.1. The quantitative estimate of drug-likeness (QED) is 0.303. The zero-order chi connectivity index (χ0) is 29.9. The fraction of sp³-hybridized carbons (Fsp3) is 0.500. The van der Waals surface area contributed by atoms with Gasteiger partial charge in [-0.05, 0) is 85.2 Å². The van der Waals surface area contributed by atoms with Gasteiger partial charge in [0.1, 0.15) is 18.6 Å². The monoisotopic (exact) mass is 588 g/mol. The maximum Gasteiger partial charge on any atom is 0.237 e. The molecule has 1 unspecified atom stereocenters. The van der Waals surface area contributed by atoms with Gasteiger partial charge in [0.05, 0.1) is 5.69 Å². The first-order chi connectivity index (χ1) is 20.1. The molecule has 7 nitrogen and oxygen atoms in total. The molecule has 3 aromatic rings. The summed E-state index contributed by atoms with van der Waals surface area (Å²) in [4.78, 5) is 25.3. The molecular weight excluding hydrogens is 544 g/mol. The molecule has 2 atom stereocenters. The van der Waals surface area contributed by atoms with Gasteiger partial charge in [-0.15, -0.1) is 0 Å². The van der Waals surface area contributed by atoms with E-state index in [4.69, 9.17) is 19.4 Å². The Morgan fingerprint density at radius 1 is 1.05 bits per heavy atom. The SMILES string of the molecule is COC1c2cccc(c2)SNc2nc(cc(-c3c(C)cccc3C)n2)OC[C@@H](CC(C)(C)C)N1CC1CCC(=O)CC1. The van der Waals surface area contributed by atoms with Gasteiger partial charge in [0.25, 0.3) is 0 Å². The molecule has 0 amide bonds. The minimum atomic E-state index is -0.251. The molecular formula is C34H44N4O3S. The van der Waals surface area contributed by atoms with Crippen LogP contribution in [0.3, 0.4) is 0 Å². The van der Waals surface area contributed by atoms with Gasteiger partial charge in [-0.3, -0.25) is 14.4 Å². The molecule has 4 bridgehead atoms. The number of hydrogen-bond donors (Lipinski definition) is 1. The number of ketones is 1. The van der Waals surface area contributed by atoms with E-state index in [0.717, 1.165) is 58.7 Å². The Morgan fingerprint density at radius 2 is 1.76 bits per heavy atom. The number of carbonyl (C=O) groups is 1. The number of Topliss-reactive ketones (excluding diaryl/α,β-unsaturated/α-hetero) is 1. The summed E-state index contributed by atoms with van der Waals surface area (Å²) >= 11 is 1.48. The van der Waals surface area contributed by atoms with Crippen molar-refractivity contribution < 1.29 is 14.3 Å². The minimum Gasteiger partial charge on any atom is -0.476 e. The number of carbonyl (C=O) groups excluding carboxylic acids is 1. The number of ether oxygens (including phenoxy) is 2. The highest BCUT2D eigenvalue weighted by Crippen LogP contribution is 2.36. The number of aromatic nitrogens is 2. The zero-order valence-electron chi connectivity index (χ0n) is 25.8. The van der Waals surface area contributed by atoms with Crippen molar-refractivity contribution in [3.8, 4) is 17.1 Å². The van der Waals surface area contributed by atoms with E-state index >= 15 is 0 Å². The largest absolute Gasteiger partial charge is 0.476 e. The van der Waals surface area contributed by atoms with Gasteiger partial charge in [0.2, 0.25) is 11.8 Å². The second-order valence-corrected chi connectivity index (χ2v) is 13.8. The van der Waals surface area contributed by atoms with Gasteiger partial charge in [0.15, 0.2) is 0 Å². The normalized spacial score (nSPS) is 20.6. The van der Waals surface area contributed by atoms with Crippen LogP contribution < -0.4 is 9.46 Å². The second-order valence-electron chi connectivity index (χ2n) is 13.0. The number of benzene rings is 2. The van der Waals surface area contributed by atoms with Crippen molar-refractivity contribution in [2.24, 2.45) is 11.3 Å². The van der Waals surface area contributed by atoms with Crippen LogP contribution in [0.5, 0.6) is 5.88 Å². The Hall–Kier alpha value is -2.94. The van der Waals surface area contributed by atoms with Gasteiger partial charge in [-0.1, -0.05) is 51.1 Å². The van der Waals surface area contributed by atoms with Crippen LogP contribution in [0.4, 0.5) is 5.95 Å². The molecule has 2 aromatic carbocycles. The van der Waals surface area contributed by atoms with Crippen molar-refractivity contribution in [3.05, 3.63) is 65.2 Å². The minimum absolute atomic E-state index is 0.0552. The first-order valence-corrected chi connectivity index (χ1v) is 15.8. The van der Waals surface area contributed by atoms with E-state index in [1.165, 1.54) is 11.9 Å². The molecule has 42 heavy (non-hydrogen) atoms. The topological polar surface area (TPSA) is 76.6 Å².